The predicted octanol–water partition coefficient (Wildman–Crippen LogP) is 6.54. The summed E-state index contributed by atoms with van der Waals surface area (Å²) >= 11 is 0. The SMILES string of the molecule is Cc1cc2c(c(C)c1-c1ccc(C(C)C)cc1)C(C)C(c1ccc(C(=O)NCCC(=O)O)cc1)O2. The monoisotopic (exact) mass is 471 g/mol. The molecule has 3 aromatic rings. The summed E-state index contributed by atoms with van der Waals surface area (Å²) in [7, 11) is 0. The third-order valence-electron chi connectivity index (χ3n) is 6.94. The summed E-state index contributed by atoms with van der Waals surface area (Å²) in [5, 5.41) is 11.4. The molecule has 35 heavy (non-hydrogen) atoms. The molecular formula is C30H33NO4. The molecule has 0 fully saturated rings. The number of nitrogens with one attached hydrogen (secondary N) is 1. The van der Waals surface area contributed by atoms with E-state index in [9.17, 15) is 9.59 Å². The second-order valence-corrected chi connectivity index (χ2v) is 9.73. The van der Waals surface area contributed by atoms with Gasteiger partial charge >= 0.3 is 5.97 Å². The Bertz CT molecular complexity index is 1240. The van der Waals surface area contributed by atoms with Gasteiger partial charge in [-0.25, -0.2) is 0 Å². The Labute approximate surface area is 207 Å². The van der Waals surface area contributed by atoms with Crippen LogP contribution in [0.3, 0.4) is 0 Å². The zero-order chi connectivity index (χ0) is 25.3. The van der Waals surface area contributed by atoms with E-state index in [2.05, 4.69) is 70.3 Å². The number of carbonyl (C=O) groups is 2. The van der Waals surface area contributed by atoms with E-state index in [1.165, 1.54) is 33.4 Å². The second kappa shape index (κ2) is 9.95. The number of hydrogen-bond acceptors (Lipinski definition) is 3. The van der Waals surface area contributed by atoms with Crippen LogP contribution >= 0.6 is 0 Å². The van der Waals surface area contributed by atoms with Crippen molar-refractivity contribution in [2.45, 2.75) is 59.0 Å². The summed E-state index contributed by atoms with van der Waals surface area (Å²) in [6.45, 7) is 11.0. The summed E-state index contributed by atoms with van der Waals surface area (Å²) in [5.74, 6) is 0.377. The molecule has 1 aliphatic rings. The number of hydrogen-bond donors (Lipinski definition) is 2. The van der Waals surface area contributed by atoms with Gasteiger partial charge in [0.2, 0.25) is 0 Å². The summed E-state index contributed by atoms with van der Waals surface area (Å²) in [5.41, 5.74) is 9.02. The van der Waals surface area contributed by atoms with Crippen molar-refractivity contribution in [3.8, 4) is 16.9 Å². The molecule has 1 aliphatic heterocycles. The Morgan fingerprint density at radius 3 is 2.29 bits per heavy atom. The molecular weight excluding hydrogens is 438 g/mol. The van der Waals surface area contributed by atoms with Crippen LogP contribution in [0.25, 0.3) is 11.1 Å². The van der Waals surface area contributed by atoms with Crippen LogP contribution in [-0.4, -0.2) is 23.5 Å². The third-order valence-corrected chi connectivity index (χ3v) is 6.94. The molecule has 2 unspecified atom stereocenters. The van der Waals surface area contributed by atoms with Gasteiger partial charge in [-0.05, 0) is 71.3 Å². The van der Waals surface area contributed by atoms with Gasteiger partial charge in [0.25, 0.3) is 5.91 Å². The van der Waals surface area contributed by atoms with Gasteiger partial charge in [-0.2, -0.15) is 0 Å². The normalized spacial score (nSPS) is 16.6. The summed E-state index contributed by atoms with van der Waals surface area (Å²) < 4.78 is 6.43. The quantitative estimate of drug-likeness (QED) is 0.410. The molecule has 0 aromatic heterocycles. The number of carboxylic acids is 1. The Hall–Kier alpha value is -3.60. The molecule has 3 aromatic carbocycles. The van der Waals surface area contributed by atoms with Gasteiger partial charge in [-0.15, -0.1) is 0 Å². The van der Waals surface area contributed by atoms with Crippen molar-refractivity contribution in [2.75, 3.05) is 6.54 Å². The van der Waals surface area contributed by atoms with Crippen LogP contribution in [0.2, 0.25) is 0 Å². The van der Waals surface area contributed by atoms with Crippen LogP contribution in [0.5, 0.6) is 5.75 Å². The Balaban J connectivity index is 1.57. The van der Waals surface area contributed by atoms with Crippen molar-refractivity contribution in [3.05, 3.63) is 88.0 Å². The van der Waals surface area contributed by atoms with Gasteiger partial charge in [-0.1, -0.05) is 57.2 Å². The van der Waals surface area contributed by atoms with Gasteiger partial charge < -0.3 is 15.2 Å². The topological polar surface area (TPSA) is 75.6 Å². The maximum atomic E-state index is 12.3. The lowest BCUT2D eigenvalue weighted by molar-refractivity contribution is -0.136. The van der Waals surface area contributed by atoms with Crippen LogP contribution in [0, 0.1) is 13.8 Å². The van der Waals surface area contributed by atoms with E-state index in [4.69, 9.17) is 9.84 Å². The van der Waals surface area contributed by atoms with Gasteiger partial charge in [0.1, 0.15) is 11.9 Å². The molecule has 0 saturated heterocycles. The van der Waals surface area contributed by atoms with E-state index >= 15 is 0 Å². The minimum absolute atomic E-state index is 0.0991. The van der Waals surface area contributed by atoms with Gasteiger partial charge in [0.05, 0.1) is 6.42 Å². The number of rotatable bonds is 7. The highest BCUT2D eigenvalue weighted by molar-refractivity contribution is 5.94. The fraction of sp³-hybridized carbons (Fsp3) is 0.333. The zero-order valence-corrected chi connectivity index (χ0v) is 21.0. The molecule has 1 amide bonds. The first-order valence-electron chi connectivity index (χ1n) is 12.2. The van der Waals surface area contributed by atoms with Crippen LogP contribution in [0.15, 0.2) is 54.6 Å². The number of amides is 1. The molecule has 4 rings (SSSR count). The summed E-state index contributed by atoms with van der Waals surface area (Å²) in [4.78, 5) is 22.9. The van der Waals surface area contributed by atoms with E-state index in [0.29, 0.717) is 11.5 Å². The van der Waals surface area contributed by atoms with Crippen molar-refractivity contribution in [3.63, 3.8) is 0 Å². The fourth-order valence-electron chi connectivity index (χ4n) is 5.06. The Kier molecular flexibility index (Phi) is 6.97. The van der Waals surface area contributed by atoms with Crippen molar-refractivity contribution < 1.29 is 19.4 Å². The zero-order valence-electron chi connectivity index (χ0n) is 21.0. The van der Waals surface area contributed by atoms with Gasteiger partial charge in [0.15, 0.2) is 0 Å². The maximum absolute atomic E-state index is 12.3. The van der Waals surface area contributed by atoms with E-state index in [-0.39, 0.29) is 30.9 Å². The highest BCUT2D eigenvalue weighted by Gasteiger charge is 2.35. The van der Waals surface area contributed by atoms with E-state index in [1.54, 1.807) is 12.1 Å². The highest BCUT2D eigenvalue weighted by Crippen LogP contribution is 2.50. The molecule has 0 radical (unpaired) electrons. The molecule has 0 bridgehead atoms. The number of benzene rings is 3. The third kappa shape index (κ3) is 4.95. The summed E-state index contributed by atoms with van der Waals surface area (Å²) in [6, 6.07) is 18.4. The first-order chi connectivity index (χ1) is 16.7. The van der Waals surface area contributed by atoms with Crippen LogP contribution in [-0.2, 0) is 4.79 Å². The predicted molar refractivity (Wildman–Crippen MR) is 138 cm³/mol. The molecule has 0 saturated carbocycles. The largest absolute Gasteiger partial charge is 0.485 e. The lowest BCUT2D eigenvalue weighted by Gasteiger charge is -2.18. The lowest BCUT2D eigenvalue weighted by atomic mass is 9.84. The minimum Gasteiger partial charge on any atom is -0.485 e. The molecule has 1 heterocycles. The number of aryl methyl sites for hydroxylation is 1. The van der Waals surface area contributed by atoms with Crippen LogP contribution in [0.1, 0.15) is 83.3 Å². The summed E-state index contributed by atoms with van der Waals surface area (Å²) in [6.07, 6.45) is -0.233. The first-order valence-corrected chi connectivity index (χ1v) is 12.2. The van der Waals surface area contributed by atoms with Crippen LogP contribution in [0.4, 0.5) is 0 Å². The molecule has 5 nitrogen and oxygen atoms in total. The average molecular weight is 472 g/mol. The molecule has 0 aliphatic carbocycles. The lowest BCUT2D eigenvalue weighted by Crippen LogP contribution is -2.26. The van der Waals surface area contributed by atoms with Crippen molar-refractivity contribution in [1.29, 1.82) is 0 Å². The second-order valence-electron chi connectivity index (χ2n) is 9.73. The molecule has 2 atom stereocenters. The number of fused-ring (bicyclic) bond motifs is 1. The van der Waals surface area contributed by atoms with Gasteiger partial charge in [0, 0.05) is 23.6 Å². The van der Waals surface area contributed by atoms with Gasteiger partial charge in [-0.3, -0.25) is 9.59 Å². The number of carboxylic acid groups (broad SMARTS) is 1. The first kappa shape index (κ1) is 24.5. The molecule has 0 spiro atoms. The van der Waals surface area contributed by atoms with Crippen molar-refractivity contribution >= 4 is 11.9 Å². The highest BCUT2D eigenvalue weighted by atomic mass is 16.5. The molecule has 5 heteroatoms. The average Bonchev–Trinajstić information content (AvgIpc) is 3.15. The standard InChI is InChI=1S/C30H33NO4/c1-17(2)21-6-8-22(9-7-21)27-18(3)16-25-28(19(27)4)20(5)29(35-25)23-10-12-24(13-11-23)30(34)31-15-14-26(32)33/h6-13,16-17,20,29H,14-15H2,1-5H3,(H,31,34)(H,32,33). The van der Waals surface area contributed by atoms with E-state index < -0.39 is 5.97 Å². The minimum atomic E-state index is -0.936. The smallest absolute Gasteiger partial charge is 0.305 e. The number of aliphatic carboxylic acids is 1. The van der Waals surface area contributed by atoms with Crippen molar-refractivity contribution in [2.24, 2.45) is 0 Å². The van der Waals surface area contributed by atoms with E-state index in [0.717, 1.165) is 11.3 Å². The van der Waals surface area contributed by atoms with E-state index in [1.807, 2.05) is 12.1 Å². The van der Waals surface area contributed by atoms with Crippen LogP contribution < -0.4 is 10.1 Å². The maximum Gasteiger partial charge on any atom is 0.305 e. The molecule has 182 valence electrons. The van der Waals surface area contributed by atoms with Crippen molar-refractivity contribution in [1.82, 2.24) is 5.32 Å². The number of ether oxygens (including phenoxy) is 1. The Morgan fingerprint density at radius 2 is 1.69 bits per heavy atom. The number of carbonyl (C=O) groups excluding carboxylic acids is 1. The fourth-order valence-corrected chi connectivity index (χ4v) is 5.06. The Morgan fingerprint density at radius 1 is 1.03 bits per heavy atom. The molecule has 2 N–H and O–H groups in total.